The first-order valence-electron chi connectivity index (χ1n) is 6.37. The molecule has 2 aromatic carbocycles. The zero-order valence-electron chi connectivity index (χ0n) is 11.0. The zero-order valence-corrected chi connectivity index (χ0v) is 13.4. The number of aromatic nitrogens is 1. The van der Waals surface area contributed by atoms with Gasteiger partial charge in [-0.3, -0.25) is 0 Å². The lowest BCUT2D eigenvalue weighted by molar-refractivity contribution is 0.630. The van der Waals surface area contributed by atoms with Gasteiger partial charge in [0.15, 0.2) is 0 Å². The SMILES string of the molecule is NCc1ccc(-c2csc(-c3ccc(Br)cc3F)n2)cc1. The van der Waals surface area contributed by atoms with E-state index in [0.717, 1.165) is 21.3 Å². The van der Waals surface area contributed by atoms with Crippen molar-refractivity contribution in [3.63, 3.8) is 0 Å². The van der Waals surface area contributed by atoms with Gasteiger partial charge in [-0.05, 0) is 23.8 Å². The molecule has 0 amide bonds. The van der Waals surface area contributed by atoms with Crippen LogP contribution in [-0.4, -0.2) is 4.98 Å². The van der Waals surface area contributed by atoms with E-state index in [9.17, 15) is 4.39 Å². The van der Waals surface area contributed by atoms with Crippen molar-refractivity contribution in [1.29, 1.82) is 0 Å². The minimum Gasteiger partial charge on any atom is -0.326 e. The van der Waals surface area contributed by atoms with Crippen molar-refractivity contribution in [2.75, 3.05) is 0 Å². The number of rotatable bonds is 3. The zero-order chi connectivity index (χ0) is 14.8. The van der Waals surface area contributed by atoms with Gasteiger partial charge in [0.1, 0.15) is 10.8 Å². The number of thiazole rings is 1. The molecule has 0 aliphatic heterocycles. The molecule has 0 saturated heterocycles. The second kappa shape index (κ2) is 6.05. The van der Waals surface area contributed by atoms with E-state index in [4.69, 9.17) is 5.73 Å². The maximum Gasteiger partial charge on any atom is 0.134 e. The minimum atomic E-state index is -0.274. The van der Waals surface area contributed by atoms with Crippen LogP contribution in [0.3, 0.4) is 0 Å². The summed E-state index contributed by atoms with van der Waals surface area (Å²) in [5.41, 5.74) is 9.04. The molecule has 0 bridgehead atoms. The topological polar surface area (TPSA) is 38.9 Å². The Kier molecular flexibility index (Phi) is 4.14. The highest BCUT2D eigenvalue weighted by atomic mass is 79.9. The molecule has 0 fully saturated rings. The van der Waals surface area contributed by atoms with Gasteiger partial charge in [-0.15, -0.1) is 11.3 Å². The molecule has 3 rings (SSSR count). The fourth-order valence-corrected chi connectivity index (χ4v) is 3.19. The van der Waals surface area contributed by atoms with Crippen molar-refractivity contribution in [3.8, 4) is 21.8 Å². The summed E-state index contributed by atoms with van der Waals surface area (Å²) in [6, 6.07) is 12.9. The van der Waals surface area contributed by atoms with Gasteiger partial charge in [0.05, 0.1) is 5.69 Å². The standard InChI is InChI=1S/C16H12BrFN2S/c17-12-5-6-13(14(18)7-12)16-20-15(9-21-16)11-3-1-10(8-19)2-4-11/h1-7,9H,8,19H2. The van der Waals surface area contributed by atoms with Gasteiger partial charge in [0.2, 0.25) is 0 Å². The van der Waals surface area contributed by atoms with Gasteiger partial charge >= 0.3 is 0 Å². The first-order valence-corrected chi connectivity index (χ1v) is 8.05. The number of hydrogen-bond acceptors (Lipinski definition) is 3. The molecule has 2 N–H and O–H groups in total. The van der Waals surface area contributed by atoms with E-state index in [0.29, 0.717) is 17.1 Å². The van der Waals surface area contributed by atoms with Crippen molar-refractivity contribution in [1.82, 2.24) is 4.98 Å². The van der Waals surface area contributed by atoms with Crippen LogP contribution >= 0.6 is 27.3 Å². The molecule has 0 aliphatic rings. The van der Waals surface area contributed by atoms with Crippen LogP contribution < -0.4 is 5.73 Å². The summed E-state index contributed by atoms with van der Waals surface area (Å²) in [5, 5.41) is 2.62. The number of benzene rings is 2. The van der Waals surface area contributed by atoms with Gasteiger partial charge in [-0.25, -0.2) is 9.37 Å². The summed E-state index contributed by atoms with van der Waals surface area (Å²) in [5.74, 6) is -0.274. The smallest absolute Gasteiger partial charge is 0.134 e. The van der Waals surface area contributed by atoms with Crippen LogP contribution in [0.1, 0.15) is 5.56 Å². The molecular weight excluding hydrogens is 351 g/mol. The highest BCUT2D eigenvalue weighted by molar-refractivity contribution is 9.10. The Balaban J connectivity index is 1.95. The average Bonchev–Trinajstić information content (AvgIpc) is 2.97. The fourth-order valence-electron chi connectivity index (χ4n) is 2.00. The van der Waals surface area contributed by atoms with E-state index in [1.165, 1.54) is 17.4 Å². The van der Waals surface area contributed by atoms with Crippen LogP contribution in [-0.2, 0) is 6.54 Å². The van der Waals surface area contributed by atoms with Crippen LogP contribution in [0.25, 0.3) is 21.8 Å². The molecule has 3 aromatic rings. The quantitative estimate of drug-likeness (QED) is 0.723. The van der Waals surface area contributed by atoms with Gasteiger partial charge in [-0.1, -0.05) is 40.2 Å². The minimum absolute atomic E-state index is 0.274. The summed E-state index contributed by atoms with van der Waals surface area (Å²) >= 11 is 4.69. The summed E-state index contributed by atoms with van der Waals surface area (Å²) < 4.78 is 14.7. The van der Waals surface area contributed by atoms with Crippen LogP contribution in [0.15, 0.2) is 52.3 Å². The van der Waals surface area contributed by atoms with Crippen molar-refractivity contribution in [2.45, 2.75) is 6.54 Å². The predicted molar refractivity (Wildman–Crippen MR) is 88.5 cm³/mol. The van der Waals surface area contributed by atoms with Gasteiger partial charge in [0.25, 0.3) is 0 Å². The summed E-state index contributed by atoms with van der Waals surface area (Å²) in [7, 11) is 0. The molecule has 1 aromatic heterocycles. The second-order valence-electron chi connectivity index (χ2n) is 4.56. The van der Waals surface area contributed by atoms with Gasteiger partial charge < -0.3 is 5.73 Å². The Hall–Kier alpha value is -1.56. The van der Waals surface area contributed by atoms with E-state index >= 15 is 0 Å². The Bertz CT molecular complexity index is 768. The van der Waals surface area contributed by atoms with Crippen molar-refractivity contribution in [2.24, 2.45) is 5.73 Å². The number of halogens is 2. The number of nitrogens with zero attached hydrogens (tertiary/aromatic N) is 1. The van der Waals surface area contributed by atoms with E-state index in [1.807, 2.05) is 35.7 Å². The highest BCUT2D eigenvalue weighted by Gasteiger charge is 2.11. The van der Waals surface area contributed by atoms with Gasteiger partial charge in [0, 0.05) is 27.5 Å². The molecule has 0 unspecified atom stereocenters. The monoisotopic (exact) mass is 362 g/mol. The van der Waals surface area contributed by atoms with Crippen LogP contribution in [0, 0.1) is 5.82 Å². The molecule has 5 heteroatoms. The maximum absolute atomic E-state index is 14.0. The first kappa shape index (κ1) is 14.4. The Morgan fingerprint density at radius 1 is 1.14 bits per heavy atom. The molecule has 1 heterocycles. The molecule has 0 aliphatic carbocycles. The van der Waals surface area contributed by atoms with E-state index in [2.05, 4.69) is 20.9 Å². The number of hydrogen-bond donors (Lipinski definition) is 1. The average molecular weight is 363 g/mol. The molecule has 21 heavy (non-hydrogen) atoms. The van der Waals surface area contributed by atoms with E-state index in [1.54, 1.807) is 6.07 Å². The van der Waals surface area contributed by atoms with Crippen LogP contribution in [0.5, 0.6) is 0 Å². The molecule has 106 valence electrons. The third-order valence-corrected chi connectivity index (χ3v) is 4.52. The van der Waals surface area contributed by atoms with E-state index in [-0.39, 0.29) is 5.82 Å². The van der Waals surface area contributed by atoms with Gasteiger partial charge in [-0.2, -0.15) is 0 Å². The second-order valence-corrected chi connectivity index (χ2v) is 6.34. The van der Waals surface area contributed by atoms with Crippen molar-refractivity contribution < 1.29 is 4.39 Å². The molecule has 0 spiro atoms. The fraction of sp³-hybridized carbons (Fsp3) is 0.0625. The Morgan fingerprint density at radius 2 is 1.90 bits per heavy atom. The Morgan fingerprint density at radius 3 is 2.57 bits per heavy atom. The summed E-state index contributed by atoms with van der Waals surface area (Å²) in [4.78, 5) is 4.53. The highest BCUT2D eigenvalue weighted by Crippen LogP contribution is 2.31. The third kappa shape index (κ3) is 3.05. The van der Waals surface area contributed by atoms with Crippen molar-refractivity contribution in [3.05, 3.63) is 63.7 Å². The lowest BCUT2D eigenvalue weighted by atomic mass is 10.1. The van der Waals surface area contributed by atoms with Crippen LogP contribution in [0.2, 0.25) is 0 Å². The Labute approximate surface area is 134 Å². The molecule has 2 nitrogen and oxygen atoms in total. The predicted octanol–water partition coefficient (Wildman–Crippen LogP) is 4.84. The largest absolute Gasteiger partial charge is 0.326 e. The summed E-state index contributed by atoms with van der Waals surface area (Å²) in [6.45, 7) is 0.521. The lowest BCUT2D eigenvalue weighted by Crippen LogP contribution is -1.95. The lowest BCUT2D eigenvalue weighted by Gasteiger charge is -2.00. The maximum atomic E-state index is 14.0. The normalized spacial score (nSPS) is 10.8. The third-order valence-electron chi connectivity index (χ3n) is 3.15. The van der Waals surface area contributed by atoms with Crippen molar-refractivity contribution >= 4 is 27.3 Å². The molecule has 0 atom stereocenters. The van der Waals surface area contributed by atoms with Crippen LogP contribution in [0.4, 0.5) is 4.39 Å². The molecular formula is C16H12BrFN2S. The summed E-state index contributed by atoms with van der Waals surface area (Å²) in [6.07, 6.45) is 0. The van der Waals surface area contributed by atoms with E-state index < -0.39 is 0 Å². The number of nitrogens with two attached hydrogens (primary N) is 1. The molecule has 0 saturated carbocycles. The molecule has 0 radical (unpaired) electrons. The first-order chi connectivity index (χ1) is 10.2.